The largest absolute Gasteiger partial charge is 0.399 e. The molecule has 0 amide bonds. The van der Waals surface area contributed by atoms with Crippen molar-refractivity contribution in [3.63, 3.8) is 0 Å². The number of nitrogen functional groups attached to an aromatic ring is 1. The number of anilines is 1. The van der Waals surface area contributed by atoms with Gasteiger partial charge in [0.05, 0.1) is 0 Å². The fourth-order valence-corrected chi connectivity index (χ4v) is 1.88. The molecule has 0 atom stereocenters. The molecule has 2 heteroatoms. The number of benzene rings is 1. The Labute approximate surface area is 98.6 Å². The van der Waals surface area contributed by atoms with Gasteiger partial charge in [-0.25, -0.2) is 0 Å². The topological polar surface area (TPSA) is 38.0 Å². The number of rotatable bonds is 3. The molecule has 1 aliphatic rings. The van der Waals surface area contributed by atoms with Gasteiger partial charge in [0.25, 0.3) is 0 Å². The Kier molecular flexibility index (Phi) is 5.06. The van der Waals surface area contributed by atoms with E-state index in [1.807, 2.05) is 27.0 Å². The summed E-state index contributed by atoms with van der Waals surface area (Å²) < 4.78 is 0. The van der Waals surface area contributed by atoms with Gasteiger partial charge in [-0.05, 0) is 49.7 Å². The van der Waals surface area contributed by atoms with Gasteiger partial charge >= 0.3 is 0 Å². The molecular weight excluding hydrogens is 196 g/mol. The first kappa shape index (κ1) is 12.8. The maximum Gasteiger partial charge on any atom is 0.0317 e. The van der Waals surface area contributed by atoms with Gasteiger partial charge in [0.2, 0.25) is 0 Å². The van der Waals surface area contributed by atoms with Crippen LogP contribution in [0.2, 0.25) is 0 Å². The predicted molar refractivity (Wildman–Crippen MR) is 72.4 cm³/mol. The van der Waals surface area contributed by atoms with E-state index in [4.69, 9.17) is 5.73 Å². The van der Waals surface area contributed by atoms with Crippen molar-refractivity contribution >= 4 is 11.8 Å². The van der Waals surface area contributed by atoms with Gasteiger partial charge in [0, 0.05) is 5.69 Å². The van der Waals surface area contributed by atoms with Gasteiger partial charge in [-0.2, -0.15) is 0 Å². The average molecular weight is 218 g/mol. The molecule has 16 heavy (non-hydrogen) atoms. The molecule has 1 aromatic carbocycles. The number of hydrogen-bond acceptors (Lipinski definition) is 2. The highest BCUT2D eigenvalue weighted by molar-refractivity contribution is 5.66. The van der Waals surface area contributed by atoms with Gasteiger partial charge in [-0.1, -0.05) is 31.6 Å². The van der Waals surface area contributed by atoms with Gasteiger partial charge in [-0.3, -0.25) is 0 Å². The van der Waals surface area contributed by atoms with Crippen LogP contribution in [0.1, 0.15) is 31.4 Å². The third-order valence-electron chi connectivity index (χ3n) is 2.64. The Balaban J connectivity index is 0.000000606. The minimum atomic E-state index is 0.868. The molecule has 1 aromatic rings. The zero-order chi connectivity index (χ0) is 12.0. The lowest BCUT2D eigenvalue weighted by molar-refractivity contribution is 0.779. The van der Waals surface area contributed by atoms with Crippen LogP contribution in [0.4, 0.5) is 5.69 Å². The first-order valence-electron chi connectivity index (χ1n) is 6.02. The van der Waals surface area contributed by atoms with Crippen LogP contribution in [0, 0.1) is 0 Å². The van der Waals surface area contributed by atoms with E-state index in [1.165, 1.54) is 16.7 Å². The molecular formula is C14H22N2. The van der Waals surface area contributed by atoms with Gasteiger partial charge in [0.15, 0.2) is 0 Å². The summed E-state index contributed by atoms with van der Waals surface area (Å²) in [6.07, 6.45) is 4.49. The van der Waals surface area contributed by atoms with Crippen LogP contribution in [0.5, 0.6) is 0 Å². The zero-order valence-corrected chi connectivity index (χ0v) is 10.5. The van der Waals surface area contributed by atoms with Crippen LogP contribution in [0.3, 0.4) is 0 Å². The zero-order valence-electron chi connectivity index (χ0n) is 10.5. The summed E-state index contributed by atoms with van der Waals surface area (Å²) in [5.41, 5.74) is 10.8. The van der Waals surface area contributed by atoms with E-state index in [0.717, 1.165) is 25.1 Å². The van der Waals surface area contributed by atoms with Crippen molar-refractivity contribution < 1.29 is 0 Å². The van der Waals surface area contributed by atoms with E-state index < -0.39 is 0 Å². The molecule has 3 N–H and O–H groups in total. The van der Waals surface area contributed by atoms with Gasteiger partial charge in [0.1, 0.15) is 0 Å². The highest BCUT2D eigenvalue weighted by Gasteiger charge is 2.11. The highest BCUT2D eigenvalue weighted by Crippen LogP contribution is 2.27. The molecule has 0 fully saturated rings. The normalized spacial score (nSPS) is 12.6. The Bertz CT molecular complexity index is 367. The van der Waals surface area contributed by atoms with Crippen molar-refractivity contribution in [3.05, 3.63) is 34.9 Å². The Hall–Kier alpha value is -1.28. The number of nitrogens with two attached hydrogens (primary N) is 1. The third-order valence-corrected chi connectivity index (χ3v) is 2.64. The van der Waals surface area contributed by atoms with Crippen molar-refractivity contribution in [1.29, 1.82) is 0 Å². The van der Waals surface area contributed by atoms with E-state index in [9.17, 15) is 0 Å². The van der Waals surface area contributed by atoms with Crippen molar-refractivity contribution in [2.75, 3.05) is 19.3 Å². The van der Waals surface area contributed by atoms with E-state index >= 15 is 0 Å². The lowest BCUT2D eigenvalue weighted by atomic mass is 10.1. The fraction of sp³-hybridized carbons (Fsp3) is 0.429. The number of fused-ring (bicyclic) bond motifs is 1. The molecule has 2 nitrogen and oxygen atoms in total. The quantitative estimate of drug-likeness (QED) is 0.766. The molecule has 88 valence electrons. The third kappa shape index (κ3) is 3.11. The molecule has 0 heterocycles. The summed E-state index contributed by atoms with van der Waals surface area (Å²) in [4.78, 5) is 0. The van der Waals surface area contributed by atoms with Crippen molar-refractivity contribution in [2.45, 2.75) is 26.7 Å². The van der Waals surface area contributed by atoms with E-state index in [0.29, 0.717) is 0 Å². The molecule has 1 aliphatic carbocycles. The molecule has 0 aromatic heterocycles. The summed E-state index contributed by atoms with van der Waals surface area (Å²) in [6, 6.07) is 6.16. The standard InChI is InChI=1S/C12H16N2.C2H6/c1-14-5-4-9-6-10-2-3-12(13)8-11(10)7-9;1-2/h2-3,6,8,14H,4-5,7,13H2,1H3;1-2H3. The number of nitrogens with one attached hydrogen (secondary N) is 1. The summed E-state index contributed by atoms with van der Waals surface area (Å²) in [5, 5.41) is 3.17. The monoisotopic (exact) mass is 218 g/mol. The molecule has 0 radical (unpaired) electrons. The fourth-order valence-electron chi connectivity index (χ4n) is 1.88. The first-order chi connectivity index (χ1) is 7.79. The van der Waals surface area contributed by atoms with Crippen LogP contribution in [-0.2, 0) is 6.42 Å². The molecule has 0 saturated heterocycles. The van der Waals surface area contributed by atoms with Crippen LogP contribution in [-0.4, -0.2) is 13.6 Å². The Morgan fingerprint density at radius 2 is 2.06 bits per heavy atom. The number of hydrogen-bond donors (Lipinski definition) is 2. The van der Waals surface area contributed by atoms with Crippen molar-refractivity contribution in [2.24, 2.45) is 0 Å². The van der Waals surface area contributed by atoms with Crippen molar-refractivity contribution in [1.82, 2.24) is 5.32 Å². The summed E-state index contributed by atoms with van der Waals surface area (Å²) in [6.45, 7) is 5.05. The van der Waals surface area contributed by atoms with Gasteiger partial charge in [-0.15, -0.1) is 0 Å². The minimum absolute atomic E-state index is 0.868. The predicted octanol–water partition coefficient (Wildman–Crippen LogP) is 2.84. The van der Waals surface area contributed by atoms with Gasteiger partial charge < -0.3 is 11.1 Å². The summed E-state index contributed by atoms with van der Waals surface area (Å²) in [7, 11) is 1.99. The molecule has 0 saturated carbocycles. The molecule has 0 bridgehead atoms. The van der Waals surface area contributed by atoms with E-state index in [2.05, 4.69) is 23.5 Å². The summed E-state index contributed by atoms with van der Waals surface area (Å²) in [5.74, 6) is 0. The minimum Gasteiger partial charge on any atom is -0.399 e. The molecule has 0 spiro atoms. The van der Waals surface area contributed by atoms with Crippen LogP contribution in [0.15, 0.2) is 23.8 Å². The lowest BCUT2D eigenvalue weighted by Crippen LogP contribution is -2.08. The second-order valence-corrected chi connectivity index (χ2v) is 3.79. The molecule has 2 rings (SSSR count). The Morgan fingerprint density at radius 3 is 2.75 bits per heavy atom. The molecule has 0 unspecified atom stereocenters. The van der Waals surface area contributed by atoms with Crippen LogP contribution >= 0.6 is 0 Å². The van der Waals surface area contributed by atoms with Crippen LogP contribution in [0.25, 0.3) is 6.08 Å². The average Bonchev–Trinajstić information content (AvgIpc) is 2.71. The van der Waals surface area contributed by atoms with Crippen molar-refractivity contribution in [3.8, 4) is 0 Å². The second-order valence-electron chi connectivity index (χ2n) is 3.79. The molecule has 0 aliphatic heterocycles. The highest BCUT2D eigenvalue weighted by atomic mass is 14.8. The second kappa shape index (κ2) is 6.33. The lowest BCUT2D eigenvalue weighted by Gasteiger charge is -2.01. The maximum atomic E-state index is 5.74. The van der Waals surface area contributed by atoms with Crippen LogP contribution < -0.4 is 11.1 Å². The SMILES string of the molecule is CC.CNCCC1=Cc2ccc(N)cc2C1. The Morgan fingerprint density at radius 1 is 1.31 bits per heavy atom. The van der Waals surface area contributed by atoms with E-state index in [1.54, 1.807) is 0 Å². The smallest absolute Gasteiger partial charge is 0.0317 e. The maximum absolute atomic E-state index is 5.74. The summed E-state index contributed by atoms with van der Waals surface area (Å²) >= 11 is 0. The first-order valence-corrected chi connectivity index (χ1v) is 6.02. The van der Waals surface area contributed by atoms with E-state index in [-0.39, 0.29) is 0 Å².